The molecule has 274 valence electrons. The van der Waals surface area contributed by atoms with Crippen LogP contribution in [0.15, 0.2) is 30.3 Å². The highest BCUT2D eigenvalue weighted by molar-refractivity contribution is 5.67. The normalized spacial score (nSPS) is 11.3. The lowest BCUT2D eigenvalue weighted by Crippen LogP contribution is -2.28. The van der Waals surface area contributed by atoms with Crippen LogP contribution in [0.4, 0.5) is 4.79 Å². The van der Waals surface area contributed by atoms with Gasteiger partial charge in [-0.3, -0.25) is 0 Å². The topological polar surface area (TPSA) is 93.7 Å². The summed E-state index contributed by atoms with van der Waals surface area (Å²) in [6.07, 6.45) is 21.7. The van der Waals surface area contributed by atoms with E-state index in [1.54, 1.807) is 0 Å². The lowest BCUT2D eigenvalue weighted by Gasteiger charge is -2.09. The summed E-state index contributed by atoms with van der Waals surface area (Å²) in [5.74, 6) is 0. The van der Waals surface area contributed by atoms with E-state index in [9.17, 15) is 4.79 Å². The first-order valence-corrected chi connectivity index (χ1v) is 18.7. The smallest absolute Gasteiger partial charge is 0.407 e. The summed E-state index contributed by atoms with van der Waals surface area (Å²) in [7, 11) is 0. The maximum atomic E-state index is 11.6. The van der Waals surface area contributed by atoms with Gasteiger partial charge in [0.15, 0.2) is 0 Å². The van der Waals surface area contributed by atoms with Crippen molar-refractivity contribution in [1.29, 1.82) is 0 Å². The monoisotopic (exact) mass is 668 g/mol. The summed E-state index contributed by atoms with van der Waals surface area (Å²) < 4.78 is 38.3. The summed E-state index contributed by atoms with van der Waals surface area (Å²) in [4.78, 5) is 11.6. The van der Waals surface area contributed by atoms with Crippen LogP contribution in [0.1, 0.15) is 115 Å². The maximum absolute atomic E-state index is 11.6. The van der Waals surface area contributed by atoms with Gasteiger partial charge < -0.3 is 38.5 Å². The second-order valence-electron chi connectivity index (χ2n) is 12.0. The molecule has 0 saturated heterocycles. The van der Waals surface area contributed by atoms with Crippen molar-refractivity contribution in [2.24, 2.45) is 0 Å². The largest absolute Gasteiger partial charge is 0.445 e. The second kappa shape index (κ2) is 37.1. The van der Waals surface area contributed by atoms with E-state index in [-0.39, 0.29) is 6.61 Å². The van der Waals surface area contributed by atoms with Crippen LogP contribution in [0, 0.1) is 0 Å². The van der Waals surface area contributed by atoms with E-state index in [0.29, 0.717) is 79.2 Å². The highest BCUT2D eigenvalue weighted by Crippen LogP contribution is 2.13. The van der Waals surface area contributed by atoms with E-state index in [0.717, 1.165) is 18.6 Å². The van der Waals surface area contributed by atoms with Crippen LogP contribution in [0.5, 0.6) is 0 Å². The molecule has 0 fully saturated rings. The summed E-state index contributed by atoms with van der Waals surface area (Å²) in [5, 5.41) is 2.66. The van der Waals surface area contributed by atoms with E-state index in [4.69, 9.17) is 33.2 Å². The first-order chi connectivity index (χ1) is 23.3. The Balaban J connectivity index is 1.63. The predicted octanol–water partition coefficient (Wildman–Crippen LogP) is 8.27. The zero-order chi connectivity index (χ0) is 33.6. The molecule has 0 aliphatic heterocycles. The fourth-order valence-electron chi connectivity index (χ4n) is 4.95. The van der Waals surface area contributed by atoms with Crippen LogP contribution < -0.4 is 5.32 Å². The van der Waals surface area contributed by atoms with Gasteiger partial charge in [0.25, 0.3) is 0 Å². The van der Waals surface area contributed by atoms with Crippen molar-refractivity contribution in [3.05, 3.63) is 35.9 Å². The minimum Gasteiger partial charge on any atom is -0.445 e. The molecule has 0 bridgehead atoms. The molecule has 9 nitrogen and oxygen atoms in total. The fraction of sp³-hybridized carbons (Fsp3) is 0.816. The van der Waals surface area contributed by atoms with Gasteiger partial charge in [0.1, 0.15) is 6.61 Å². The molecule has 0 saturated carbocycles. The van der Waals surface area contributed by atoms with Crippen molar-refractivity contribution in [3.63, 3.8) is 0 Å². The minimum atomic E-state index is -0.456. The molecule has 0 atom stereocenters. The van der Waals surface area contributed by atoms with Crippen molar-refractivity contribution in [1.82, 2.24) is 5.32 Å². The van der Waals surface area contributed by atoms with Gasteiger partial charge in [0.05, 0.1) is 72.7 Å². The SMILES string of the molecule is CCCCCCCCCCCCCCCCCCOCCOCCOCCOCCOCCOCCNC(=O)OCc1ccccc1. The Morgan fingerprint density at radius 1 is 0.468 bits per heavy atom. The second-order valence-corrected chi connectivity index (χ2v) is 12.0. The molecule has 1 amide bonds. The summed E-state index contributed by atoms with van der Waals surface area (Å²) >= 11 is 0. The summed E-state index contributed by atoms with van der Waals surface area (Å²) in [5.41, 5.74) is 0.949. The average molecular weight is 668 g/mol. The van der Waals surface area contributed by atoms with Crippen molar-refractivity contribution in [2.45, 2.75) is 116 Å². The molecule has 47 heavy (non-hydrogen) atoms. The van der Waals surface area contributed by atoms with Crippen LogP contribution in [-0.2, 0) is 39.8 Å². The molecule has 0 unspecified atom stereocenters. The van der Waals surface area contributed by atoms with E-state index in [1.807, 2.05) is 30.3 Å². The zero-order valence-electron chi connectivity index (χ0n) is 29.9. The number of nitrogens with one attached hydrogen (secondary N) is 1. The fourth-order valence-corrected chi connectivity index (χ4v) is 4.95. The van der Waals surface area contributed by atoms with Crippen molar-refractivity contribution in [3.8, 4) is 0 Å². The molecule has 1 N–H and O–H groups in total. The van der Waals surface area contributed by atoms with Crippen molar-refractivity contribution < 1.29 is 38.0 Å². The summed E-state index contributed by atoms with van der Waals surface area (Å²) in [6, 6.07) is 9.55. The predicted molar refractivity (Wildman–Crippen MR) is 189 cm³/mol. The molecule has 0 aliphatic rings. The number of hydrogen-bond donors (Lipinski definition) is 1. The Morgan fingerprint density at radius 3 is 1.26 bits per heavy atom. The molecule has 0 radical (unpaired) electrons. The number of alkyl carbamates (subject to hydrolysis) is 1. The number of carbonyl (C=O) groups is 1. The molecule has 0 spiro atoms. The third kappa shape index (κ3) is 33.9. The Morgan fingerprint density at radius 2 is 0.830 bits per heavy atom. The Kier molecular flexibility index (Phi) is 34.1. The van der Waals surface area contributed by atoms with E-state index in [1.165, 1.54) is 96.3 Å². The first kappa shape index (κ1) is 43.3. The van der Waals surface area contributed by atoms with Crippen molar-refractivity contribution >= 4 is 6.09 Å². The molecule has 0 aromatic heterocycles. The third-order valence-corrected chi connectivity index (χ3v) is 7.73. The van der Waals surface area contributed by atoms with E-state index < -0.39 is 6.09 Å². The van der Waals surface area contributed by atoms with Gasteiger partial charge in [-0.2, -0.15) is 0 Å². The van der Waals surface area contributed by atoms with Crippen molar-refractivity contribution in [2.75, 3.05) is 85.8 Å². The average Bonchev–Trinajstić information content (AvgIpc) is 3.09. The molecular weight excluding hydrogens is 598 g/mol. The number of rotatable bonds is 37. The van der Waals surface area contributed by atoms with Crippen LogP contribution in [0.2, 0.25) is 0 Å². The molecular formula is C38H69NO8. The highest BCUT2D eigenvalue weighted by Gasteiger charge is 2.02. The number of amides is 1. The molecule has 9 heteroatoms. The van der Waals surface area contributed by atoms with Gasteiger partial charge in [-0.1, -0.05) is 134 Å². The molecule has 1 aromatic rings. The van der Waals surface area contributed by atoms with Gasteiger partial charge in [-0.15, -0.1) is 0 Å². The van der Waals surface area contributed by atoms with Gasteiger partial charge in [0.2, 0.25) is 0 Å². The van der Waals surface area contributed by atoms with Gasteiger partial charge in [0, 0.05) is 13.2 Å². The van der Waals surface area contributed by atoms with Crippen LogP contribution in [-0.4, -0.2) is 91.9 Å². The molecule has 0 heterocycles. The molecule has 1 aromatic carbocycles. The Hall–Kier alpha value is -1.75. The van der Waals surface area contributed by atoms with Gasteiger partial charge >= 0.3 is 6.09 Å². The lowest BCUT2D eigenvalue weighted by molar-refractivity contribution is -0.0167. The first-order valence-electron chi connectivity index (χ1n) is 18.7. The van der Waals surface area contributed by atoms with E-state index in [2.05, 4.69) is 12.2 Å². The number of benzene rings is 1. The van der Waals surface area contributed by atoms with E-state index >= 15 is 0 Å². The Labute approximate surface area is 287 Å². The van der Waals surface area contributed by atoms with Gasteiger partial charge in [-0.25, -0.2) is 4.79 Å². The third-order valence-electron chi connectivity index (χ3n) is 7.73. The summed E-state index contributed by atoms with van der Waals surface area (Å²) in [6.45, 7) is 9.50. The van der Waals surface area contributed by atoms with Crippen LogP contribution in [0.3, 0.4) is 0 Å². The lowest BCUT2D eigenvalue weighted by atomic mass is 10.0. The zero-order valence-corrected chi connectivity index (χ0v) is 29.9. The molecule has 0 aliphatic carbocycles. The highest BCUT2D eigenvalue weighted by atomic mass is 16.6. The number of ether oxygens (including phenoxy) is 7. The van der Waals surface area contributed by atoms with Crippen LogP contribution >= 0.6 is 0 Å². The number of carbonyl (C=O) groups excluding carboxylic acids is 1. The maximum Gasteiger partial charge on any atom is 0.407 e. The number of hydrogen-bond acceptors (Lipinski definition) is 8. The number of unbranched alkanes of at least 4 members (excludes halogenated alkanes) is 15. The van der Waals surface area contributed by atoms with Gasteiger partial charge in [-0.05, 0) is 12.0 Å². The van der Waals surface area contributed by atoms with Crippen LogP contribution in [0.25, 0.3) is 0 Å². The quantitative estimate of drug-likeness (QED) is 0.0709. The molecule has 1 rings (SSSR count). The Bertz CT molecular complexity index is 754. The minimum absolute atomic E-state index is 0.250. The standard InChI is InChI=1S/C38H69NO8/c1-2-3-4-5-6-7-8-9-10-11-12-13-14-15-16-20-24-41-26-28-43-30-32-45-34-35-46-33-31-44-29-27-42-25-23-39-38(40)47-36-37-21-18-17-19-22-37/h17-19,21-22H,2-16,20,23-36H2,1H3,(H,39,40).